The zero-order chi connectivity index (χ0) is 24.6. The Morgan fingerprint density at radius 2 is 1.52 bits per heavy atom. The maximum Gasteiger partial charge on any atom is 0.306 e. The van der Waals surface area contributed by atoms with Crippen LogP contribution in [0.15, 0.2) is 72.9 Å². The summed E-state index contributed by atoms with van der Waals surface area (Å²) < 4.78 is 9.77. The molecule has 0 aliphatic rings. The fraction of sp³-hybridized carbons (Fsp3) is 0.481. The van der Waals surface area contributed by atoms with E-state index in [0.29, 0.717) is 12.8 Å². The van der Waals surface area contributed by atoms with E-state index >= 15 is 0 Å². The molecule has 6 heteroatoms. The van der Waals surface area contributed by atoms with Crippen LogP contribution in [-0.4, -0.2) is 47.6 Å². The van der Waals surface area contributed by atoms with E-state index in [0.717, 1.165) is 25.7 Å². The van der Waals surface area contributed by atoms with Gasteiger partial charge in [0, 0.05) is 13.3 Å². The van der Waals surface area contributed by atoms with Crippen molar-refractivity contribution in [2.45, 2.75) is 71.0 Å². The molecule has 0 aromatic rings. The lowest BCUT2D eigenvalue weighted by atomic mass is 10.2. The van der Waals surface area contributed by atoms with Crippen molar-refractivity contribution in [3.8, 4) is 0 Å². The Balaban J connectivity index is 3.81. The molecule has 0 amide bonds. The highest BCUT2D eigenvalue weighted by Crippen LogP contribution is 2.02. The van der Waals surface area contributed by atoms with Gasteiger partial charge in [0.05, 0.1) is 12.7 Å². The molecule has 0 saturated heterocycles. The zero-order valence-corrected chi connectivity index (χ0v) is 20.0. The van der Waals surface area contributed by atoms with Crippen molar-refractivity contribution >= 4 is 11.9 Å². The van der Waals surface area contributed by atoms with Gasteiger partial charge in [0.1, 0.15) is 6.61 Å². The smallest absolute Gasteiger partial charge is 0.306 e. The molecule has 0 heterocycles. The van der Waals surface area contributed by atoms with Gasteiger partial charge in [-0.05, 0) is 38.5 Å². The molecule has 2 atom stereocenters. The van der Waals surface area contributed by atoms with Gasteiger partial charge in [-0.15, -0.1) is 0 Å². The van der Waals surface area contributed by atoms with Crippen LogP contribution in [0.5, 0.6) is 0 Å². The van der Waals surface area contributed by atoms with E-state index in [1.807, 2.05) is 42.5 Å². The molecule has 184 valence electrons. The zero-order valence-electron chi connectivity index (χ0n) is 20.0. The summed E-state index contributed by atoms with van der Waals surface area (Å²) in [5, 5.41) is 18.8. The summed E-state index contributed by atoms with van der Waals surface area (Å²) in [6.07, 6.45) is 27.6. The quantitative estimate of drug-likeness (QED) is 0.172. The van der Waals surface area contributed by atoms with Crippen LogP contribution in [0.25, 0.3) is 0 Å². The van der Waals surface area contributed by atoms with Crippen molar-refractivity contribution in [1.29, 1.82) is 0 Å². The lowest BCUT2D eigenvalue weighted by molar-refractivity contribution is -0.160. The molecular formula is C27H40O6. The Kier molecular flexibility index (Phi) is 20.7. The van der Waals surface area contributed by atoms with E-state index in [2.05, 4.69) is 31.2 Å². The fourth-order valence-electron chi connectivity index (χ4n) is 2.45. The molecule has 0 radical (unpaired) electrons. The Morgan fingerprint density at radius 1 is 0.879 bits per heavy atom. The van der Waals surface area contributed by atoms with Gasteiger partial charge in [0.2, 0.25) is 0 Å². The first-order chi connectivity index (χ1) is 16.0. The van der Waals surface area contributed by atoms with Crippen molar-refractivity contribution in [2.24, 2.45) is 0 Å². The van der Waals surface area contributed by atoms with Crippen molar-refractivity contribution in [2.75, 3.05) is 13.2 Å². The van der Waals surface area contributed by atoms with Gasteiger partial charge in [-0.2, -0.15) is 0 Å². The van der Waals surface area contributed by atoms with Crippen molar-refractivity contribution in [3.63, 3.8) is 0 Å². The highest BCUT2D eigenvalue weighted by molar-refractivity contribution is 5.70. The maximum absolute atomic E-state index is 11.7. The second-order valence-electron chi connectivity index (χ2n) is 7.25. The third kappa shape index (κ3) is 22.3. The molecule has 0 aromatic carbocycles. The first-order valence-electron chi connectivity index (χ1n) is 11.5. The molecule has 6 nitrogen and oxygen atoms in total. The second kappa shape index (κ2) is 22.5. The third-order valence-electron chi connectivity index (χ3n) is 4.17. The van der Waals surface area contributed by atoms with E-state index < -0.39 is 24.1 Å². The highest BCUT2D eigenvalue weighted by Gasteiger charge is 2.14. The molecular weight excluding hydrogens is 420 g/mol. The Labute approximate surface area is 198 Å². The molecule has 0 saturated carbocycles. The number of ether oxygens (including phenoxy) is 2. The van der Waals surface area contributed by atoms with Gasteiger partial charge in [0.25, 0.3) is 0 Å². The van der Waals surface area contributed by atoms with Crippen LogP contribution in [0.3, 0.4) is 0 Å². The van der Waals surface area contributed by atoms with Gasteiger partial charge in [0.15, 0.2) is 6.10 Å². The minimum Gasteiger partial charge on any atom is -0.462 e. The number of carbonyl (C=O) groups excluding carboxylic acids is 2. The first kappa shape index (κ1) is 30.3. The topological polar surface area (TPSA) is 93.1 Å². The largest absolute Gasteiger partial charge is 0.462 e. The summed E-state index contributed by atoms with van der Waals surface area (Å²) in [6.45, 7) is 2.80. The minimum atomic E-state index is -0.820. The Hall–Kier alpha value is -2.70. The van der Waals surface area contributed by atoms with Gasteiger partial charge in [-0.3, -0.25) is 9.59 Å². The van der Waals surface area contributed by atoms with Gasteiger partial charge in [-0.1, -0.05) is 79.8 Å². The molecule has 0 spiro atoms. The molecule has 0 fully saturated rings. The van der Waals surface area contributed by atoms with Gasteiger partial charge < -0.3 is 19.7 Å². The van der Waals surface area contributed by atoms with Crippen LogP contribution in [0.1, 0.15) is 58.8 Å². The molecule has 0 rings (SSSR count). The van der Waals surface area contributed by atoms with Crippen molar-refractivity contribution in [3.05, 3.63) is 72.9 Å². The van der Waals surface area contributed by atoms with Crippen molar-refractivity contribution < 1.29 is 29.3 Å². The minimum absolute atomic E-state index is 0.138. The lowest BCUT2D eigenvalue weighted by Crippen LogP contribution is -2.27. The van der Waals surface area contributed by atoms with Crippen LogP contribution >= 0.6 is 0 Å². The average molecular weight is 461 g/mol. The number of carbonyl (C=O) groups is 2. The summed E-state index contributed by atoms with van der Waals surface area (Å²) in [5.74, 6) is -0.917. The summed E-state index contributed by atoms with van der Waals surface area (Å²) in [4.78, 5) is 22.4. The number of allylic oxidation sites excluding steroid dienone is 10. The summed E-state index contributed by atoms with van der Waals surface area (Å²) >= 11 is 0. The Bertz CT molecular complexity index is 685. The van der Waals surface area contributed by atoms with E-state index in [-0.39, 0.29) is 19.6 Å². The van der Waals surface area contributed by atoms with E-state index in [4.69, 9.17) is 14.6 Å². The maximum atomic E-state index is 11.7. The predicted octanol–water partition coefficient (Wildman–Crippen LogP) is 4.90. The average Bonchev–Trinajstić information content (AvgIpc) is 2.79. The standard InChI is InChI=1S/C27H40O6/c1-3-4-16-19-25(30)20-17-14-12-10-8-6-5-7-9-11-13-15-18-21-27(31)33-26(22-28)23-32-24(2)29/h4,6-9,12-17,20,25-26,28,30H,3,5,10-11,18-19,21-23H2,1-2H3/b8-6-,9-7-,14-12+,15-13-,16-4-,20-17+/t25?,26-/m0/s1. The van der Waals surface area contributed by atoms with Crippen LogP contribution < -0.4 is 0 Å². The fourth-order valence-corrected chi connectivity index (χ4v) is 2.45. The highest BCUT2D eigenvalue weighted by atomic mass is 16.6. The predicted molar refractivity (Wildman–Crippen MR) is 132 cm³/mol. The summed E-state index contributed by atoms with van der Waals surface area (Å²) in [7, 11) is 0. The number of aliphatic hydroxyl groups is 2. The van der Waals surface area contributed by atoms with Crippen LogP contribution in [0.2, 0.25) is 0 Å². The van der Waals surface area contributed by atoms with E-state index in [9.17, 15) is 14.7 Å². The SMILES string of the molecule is CC/C=C\CC(O)/C=C/C=C/C/C=C\C/C=C\C/C=C\CCC(=O)O[C@@H](CO)COC(C)=O. The third-order valence-corrected chi connectivity index (χ3v) is 4.17. The number of hydrogen-bond acceptors (Lipinski definition) is 6. The second-order valence-corrected chi connectivity index (χ2v) is 7.25. The van der Waals surface area contributed by atoms with Crippen LogP contribution in [0.4, 0.5) is 0 Å². The summed E-state index contributed by atoms with van der Waals surface area (Å²) in [6, 6.07) is 0. The van der Waals surface area contributed by atoms with Crippen LogP contribution in [0, 0.1) is 0 Å². The van der Waals surface area contributed by atoms with E-state index in [1.165, 1.54) is 6.92 Å². The molecule has 0 aromatic heterocycles. The molecule has 0 bridgehead atoms. The van der Waals surface area contributed by atoms with Gasteiger partial charge >= 0.3 is 11.9 Å². The van der Waals surface area contributed by atoms with Crippen LogP contribution in [-0.2, 0) is 19.1 Å². The molecule has 0 aliphatic carbocycles. The molecule has 33 heavy (non-hydrogen) atoms. The number of hydrogen-bond donors (Lipinski definition) is 2. The molecule has 1 unspecified atom stereocenters. The number of esters is 2. The van der Waals surface area contributed by atoms with Crippen molar-refractivity contribution in [1.82, 2.24) is 0 Å². The normalized spacial score (nSPS) is 14.4. The first-order valence-corrected chi connectivity index (χ1v) is 11.5. The van der Waals surface area contributed by atoms with E-state index in [1.54, 1.807) is 6.08 Å². The number of rotatable bonds is 18. The monoisotopic (exact) mass is 460 g/mol. The van der Waals surface area contributed by atoms with Gasteiger partial charge in [-0.25, -0.2) is 0 Å². The molecule has 0 aliphatic heterocycles. The Morgan fingerprint density at radius 3 is 2.12 bits per heavy atom. The molecule has 2 N–H and O–H groups in total. The summed E-state index contributed by atoms with van der Waals surface area (Å²) in [5.41, 5.74) is 0. The number of aliphatic hydroxyl groups excluding tert-OH is 2. The lowest BCUT2D eigenvalue weighted by Gasteiger charge is -2.14.